The Morgan fingerprint density at radius 1 is 1.75 bits per heavy atom. The number of methoxy groups -OCH3 is 1. The molecule has 2 unspecified atom stereocenters. The summed E-state index contributed by atoms with van der Waals surface area (Å²) >= 11 is 0. The fraction of sp³-hybridized carbons (Fsp3) is 1.00. The predicted molar refractivity (Wildman–Crippen MR) is 30.4 cm³/mol. The van der Waals surface area contributed by atoms with E-state index in [2.05, 4.69) is 4.74 Å². The van der Waals surface area contributed by atoms with Crippen molar-refractivity contribution in [3.05, 3.63) is 0 Å². The Morgan fingerprint density at radius 3 is 2.25 bits per heavy atom. The molecule has 0 aromatic rings. The second kappa shape index (κ2) is 3.80. The molecule has 0 aliphatic rings. The zero-order valence-electron chi connectivity index (χ0n) is 5.23. The quantitative estimate of drug-likeness (QED) is 0.583. The Labute approximate surface area is 48.8 Å². The van der Waals surface area contributed by atoms with Gasteiger partial charge in [0.15, 0.2) is 0 Å². The lowest BCUT2D eigenvalue weighted by Gasteiger charge is -2.12. The first-order valence-corrected chi connectivity index (χ1v) is 2.59. The lowest BCUT2D eigenvalue weighted by molar-refractivity contribution is 0.0468. The van der Waals surface area contributed by atoms with Crippen LogP contribution in [0.25, 0.3) is 0 Å². The maximum absolute atomic E-state index is 12.2. The van der Waals surface area contributed by atoms with E-state index in [0.717, 1.165) is 0 Å². The van der Waals surface area contributed by atoms with Gasteiger partial charge in [-0.3, -0.25) is 0 Å². The van der Waals surface area contributed by atoms with Crippen molar-refractivity contribution < 1.29 is 9.13 Å². The average molecular weight is 121 g/mol. The van der Waals surface area contributed by atoms with Gasteiger partial charge in [0.25, 0.3) is 0 Å². The van der Waals surface area contributed by atoms with Crippen molar-refractivity contribution in [2.75, 3.05) is 13.7 Å². The summed E-state index contributed by atoms with van der Waals surface area (Å²) in [5, 5.41) is 0. The van der Waals surface area contributed by atoms with E-state index >= 15 is 0 Å². The highest BCUT2D eigenvalue weighted by Gasteiger charge is 2.11. The highest BCUT2D eigenvalue weighted by molar-refractivity contribution is 4.63. The summed E-state index contributed by atoms with van der Waals surface area (Å²) in [6, 6.07) is 0. The Balaban J connectivity index is 3.35. The number of ether oxygens (including phenoxy) is 1. The van der Waals surface area contributed by atoms with E-state index in [0.29, 0.717) is 0 Å². The smallest absolute Gasteiger partial charge is 0.125 e. The third-order valence-electron chi connectivity index (χ3n) is 1.05. The molecule has 0 aliphatic heterocycles. The fourth-order valence-corrected chi connectivity index (χ4v) is 0.471. The van der Waals surface area contributed by atoms with Crippen LogP contribution in [-0.2, 0) is 4.74 Å². The lowest BCUT2D eigenvalue weighted by Crippen LogP contribution is -2.30. The van der Waals surface area contributed by atoms with Crippen LogP contribution in [-0.4, -0.2) is 25.9 Å². The monoisotopic (exact) mass is 121 g/mol. The third kappa shape index (κ3) is 2.23. The van der Waals surface area contributed by atoms with Crippen molar-refractivity contribution in [1.29, 1.82) is 0 Å². The summed E-state index contributed by atoms with van der Waals surface area (Å²) in [4.78, 5) is 0. The minimum atomic E-state index is -0.968. The molecule has 50 valence electrons. The Bertz CT molecular complexity index is 54.4. The van der Waals surface area contributed by atoms with Gasteiger partial charge in [0.05, 0.1) is 0 Å². The molecule has 0 radical (unpaired) electrons. The van der Waals surface area contributed by atoms with Gasteiger partial charge in [0.1, 0.15) is 12.3 Å². The number of rotatable bonds is 3. The van der Waals surface area contributed by atoms with Crippen LogP contribution >= 0.6 is 0 Å². The van der Waals surface area contributed by atoms with Crippen molar-refractivity contribution in [2.45, 2.75) is 19.2 Å². The fourth-order valence-electron chi connectivity index (χ4n) is 0.471. The largest absolute Gasteiger partial charge is 0.377 e. The van der Waals surface area contributed by atoms with Crippen LogP contribution in [0.1, 0.15) is 6.92 Å². The van der Waals surface area contributed by atoms with E-state index in [4.69, 9.17) is 5.73 Å². The van der Waals surface area contributed by atoms with E-state index < -0.39 is 12.3 Å². The molecule has 0 rings (SSSR count). The molecule has 0 aromatic heterocycles. The van der Waals surface area contributed by atoms with Crippen LogP contribution in [0.2, 0.25) is 0 Å². The standard InChI is InChI=1S/C5H12FNO/c1-4(6)5(3-7)8-2/h4-5H,3,7H2,1-2H3. The Morgan fingerprint density at radius 2 is 2.25 bits per heavy atom. The summed E-state index contributed by atoms with van der Waals surface area (Å²) in [6.07, 6.45) is -1.40. The van der Waals surface area contributed by atoms with E-state index in [9.17, 15) is 4.39 Å². The highest BCUT2D eigenvalue weighted by atomic mass is 19.1. The van der Waals surface area contributed by atoms with Crippen LogP contribution in [0.4, 0.5) is 4.39 Å². The molecule has 0 amide bonds. The molecule has 0 fully saturated rings. The summed E-state index contributed by atoms with van der Waals surface area (Å²) in [5.41, 5.74) is 5.12. The van der Waals surface area contributed by atoms with Gasteiger partial charge >= 0.3 is 0 Å². The molecular formula is C5H12FNO. The number of nitrogens with two attached hydrogens (primary N) is 1. The predicted octanol–water partition coefficient (Wildman–Crippen LogP) is 0.318. The molecule has 0 heterocycles. The van der Waals surface area contributed by atoms with Gasteiger partial charge < -0.3 is 10.5 Å². The van der Waals surface area contributed by atoms with E-state index in [1.54, 1.807) is 0 Å². The summed E-state index contributed by atoms with van der Waals surface area (Å²) in [5.74, 6) is 0. The van der Waals surface area contributed by atoms with Crippen LogP contribution in [0.15, 0.2) is 0 Å². The van der Waals surface area contributed by atoms with Crippen molar-refractivity contribution in [3.8, 4) is 0 Å². The van der Waals surface area contributed by atoms with Crippen LogP contribution in [0, 0.1) is 0 Å². The van der Waals surface area contributed by atoms with Gasteiger partial charge in [-0.15, -0.1) is 0 Å². The molecular weight excluding hydrogens is 109 g/mol. The molecule has 0 saturated heterocycles. The van der Waals surface area contributed by atoms with E-state index in [-0.39, 0.29) is 6.54 Å². The first kappa shape index (κ1) is 7.85. The Hall–Kier alpha value is -0.150. The molecule has 8 heavy (non-hydrogen) atoms. The highest BCUT2D eigenvalue weighted by Crippen LogP contribution is 1.98. The zero-order chi connectivity index (χ0) is 6.57. The average Bonchev–Trinajstić information content (AvgIpc) is 1.69. The normalized spacial score (nSPS) is 18.0. The first-order chi connectivity index (χ1) is 3.72. The third-order valence-corrected chi connectivity index (χ3v) is 1.05. The van der Waals surface area contributed by atoms with Crippen LogP contribution < -0.4 is 5.73 Å². The second-order valence-electron chi connectivity index (χ2n) is 1.69. The SMILES string of the molecule is COC(CN)C(C)F. The number of hydrogen-bond donors (Lipinski definition) is 1. The molecule has 2 atom stereocenters. The van der Waals surface area contributed by atoms with E-state index in [1.165, 1.54) is 14.0 Å². The van der Waals surface area contributed by atoms with Crippen LogP contribution in [0.5, 0.6) is 0 Å². The molecule has 0 bridgehead atoms. The molecule has 0 aliphatic carbocycles. The van der Waals surface area contributed by atoms with Gasteiger partial charge in [-0.05, 0) is 6.92 Å². The van der Waals surface area contributed by atoms with Crippen molar-refractivity contribution >= 4 is 0 Å². The van der Waals surface area contributed by atoms with Crippen LogP contribution in [0.3, 0.4) is 0 Å². The maximum atomic E-state index is 12.2. The first-order valence-electron chi connectivity index (χ1n) is 2.59. The second-order valence-corrected chi connectivity index (χ2v) is 1.69. The topological polar surface area (TPSA) is 35.2 Å². The number of halogens is 1. The lowest BCUT2D eigenvalue weighted by atomic mass is 10.2. The summed E-state index contributed by atoms with van der Waals surface area (Å²) in [6.45, 7) is 1.68. The van der Waals surface area contributed by atoms with Gasteiger partial charge in [-0.2, -0.15) is 0 Å². The van der Waals surface area contributed by atoms with Gasteiger partial charge in [0, 0.05) is 13.7 Å². The summed E-state index contributed by atoms with van der Waals surface area (Å²) in [7, 11) is 1.45. The Kier molecular flexibility index (Phi) is 3.73. The molecule has 3 heteroatoms. The van der Waals surface area contributed by atoms with Crippen molar-refractivity contribution in [2.24, 2.45) is 5.73 Å². The summed E-state index contributed by atoms with van der Waals surface area (Å²) < 4.78 is 16.8. The number of hydrogen-bond acceptors (Lipinski definition) is 2. The zero-order valence-corrected chi connectivity index (χ0v) is 5.23. The minimum absolute atomic E-state index is 0.244. The molecule has 2 nitrogen and oxygen atoms in total. The van der Waals surface area contributed by atoms with Crippen molar-refractivity contribution in [3.63, 3.8) is 0 Å². The molecule has 0 spiro atoms. The van der Waals surface area contributed by atoms with Gasteiger partial charge in [-0.1, -0.05) is 0 Å². The molecule has 0 saturated carbocycles. The van der Waals surface area contributed by atoms with Gasteiger partial charge in [0.2, 0.25) is 0 Å². The number of alkyl halides is 1. The minimum Gasteiger partial charge on any atom is -0.377 e. The molecule has 0 aromatic carbocycles. The van der Waals surface area contributed by atoms with E-state index in [1.807, 2.05) is 0 Å². The van der Waals surface area contributed by atoms with Gasteiger partial charge in [-0.25, -0.2) is 4.39 Å². The van der Waals surface area contributed by atoms with Crippen molar-refractivity contribution in [1.82, 2.24) is 0 Å². The molecule has 2 N–H and O–H groups in total. The maximum Gasteiger partial charge on any atom is 0.125 e.